The van der Waals surface area contributed by atoms with E-state index < -0.39 is 5.54 Å². The molecule has 1 aliphatic carbocycles. The number of carbonyl (C=O) groups is 1. The number of hydrogen-bond acceptors (Lipinski definition) is 3. The Hall–Kier alpha value is -0.570. The highest BCUT2D eigenvalue weighted by molar-refractivity contribution is 5.80. The monoisotopic (exact) mass is 199 g/mol. The summed E-state index contributed by atoms with van der Waals surface area (Å²) >= 11 is 0. The minimum absolute atomic E-state index is 0.226. The predicted octanol–water partition coefficient (Wildman–Crippen LogP) is 1.85. The first kappa shape index (κ1) is 11.5. The second-order valence-electron chi connectivity index (χ2n) is 4.40. The third kappa shape index (κ3) is 2.98. The van der Waals surface area contributed by atoms with Gasteiger partial charge in [-0.3, -0.25) is 4.79 Å². The van der Waals surface area contributed by atoms with E-state index >= 15 is 0 Å². The molecule has 0 aromatic rings. The van der Waals surface area contributed by atoms with Gasteiger partial charge in [-0.1, -0.05) is 19.8 Å². The minimum Gasteiger partial charge on any atom is -0.464 e. The van der Waals surface area contributed by atoms with Gasteiger partial charge in [-0.2, -0.15) is 0 Å². The van der Waals surface area contributed by atoms with Crippen LogP contribution in [0.2, 0.25) is 0 Å². The second kappa shape index (κ2) is 4.78. The zero-order valence-electron chi connectivity index (χ0n) is 9.21. The van der Waals surface area contributed by atoms with Gasteiger partial charge in [0.05, 0.1) is 6.61 Å². The number of unbranched alkanes of at least 4 members (excludes halogenated alkanes) is 2. The standard InChI is InChI=1S/C11H21NO2/c1-3-4-5-8-14-10(13)11(2,12)9-6-7-9/h9H,3-8,12H2,1-2H3. The van der Waals surface area contributed by atoms with Crippen LogP contribution in [-0.4, -0.2) is 18.1 Å². The number of esters is 1. The predicted molar refractivity (Wildman–Crippen MR) is 55.8 cm³/mol. The largest absolute Gasteiger partial charge is 0.464 e. The Bertz CT molecular complexity index is 197. The molecule has 1 saturated carbocycles. The van der Waals surface area contributed by atoms with Gasteiger partial charge < -0.3 is 10.5 Å². The molecule has 0 saturated heterocycles. The van der Waals surface area contributed by atoms with Crippen molar-refractivity contribution in [2.75, 3.05) is 6.61 Å². The summed E-state index contributed by atoms with van der Waals surface area (Å²) in [4.78, 5) is 11.6. The van der Waals surface area contributed by atoms with E-state index in [-0.39, 0.29) is 5.97 Å². The highest BCUT2D eigenvalue weighted by atomic mass is 16.5. The van der Waals surface area contributed by atoms with Gasteiger partial charge in [0.2, 0.25) is 0 Å². The molecule has 0 radical (unpaired) electrons. The zero-order chi connectivity index (χ0) is 10.6. The van der Waals surface area contributed by atoms with E-state index in [9.17, 15) is 4.79 Å². The van der Waals surface area contributed by atoms with Crippen LogP contribution < -0.4 is 5.73 Å². The molecule has 1 rings (SSSR count). The molecular weight excluding hydrogens is 178 g/mol. The fraction of sp³-hybridized carbons (Fsp3) is 0.909. The summed E-state index contributed by atoms with van der Waals surface area (Å²) < 4.78 is 5.15. The summed E-state index contributed by atoms with van der Waals surface area (Å²) in [7, 11) is 0. The average molecular weight is 199 g/mol. The molecule has 0 amide bonds. The Morgan fingerprint density at radius 2 is 2.14 bits per heavy atom. The fourth-order valence-electron chi connectivity index (χ4n) is 1.52. The van der Waals surface area contributed by atoms with Crippen LogP contribution >= 0.6 is 0 Å². The van der Waals surface area contributed by atoms with Gasteiger partial charge in [-0.05, 0) is 32.1 Å². The third-order valence-electron chi connectivity index (χ3n) is 2.85. The first-order valence-corrected chi connectivity index (χ1v) is 5.55. The van der Waals surface area contributed by atoms with Crippen molar-refractivity contribution < 1.29 is 9.53 Å². The summed E-state index contributed by atoms with van der Waals surface area (Å²) in [5.41, 5.74) is 5.16. The van der Waals surface area contributed by atoms with Crippen molar-refractivity contribution in [3.8, 4) is 0 Å². The smallest absolute Gasteiger partial charge is 0.326 e. The van der Waals surface area contributed by atoms with E-state index in [1.165, 1.54) is 0 Å². The van der Waals surface area contributed by atoms with Crippen LogP contribution in [0.3, 0.4) is 0 Å². The number of hydrogen-bond donors (Lipinski definition) is 1. The van der Waals surface area contributed by atoms with Crippen molar-refractivity contribution in [3.05, 3.63) is 0 Å². The first-order chi connectivity index (χ1) is 6.59. The van der Waals surface area contributed by atoms with Crippen LogP contribution in [0.25, 0.3) is 0 Å². The van der Waals surface area contributed by atoms with Gasteiger partial charge in [0.25, 0.3) is 0 Å². The molecule has 14 heavy (non-hydrogen) atoms. The Morgan fingerprint density at radius 1 is 1.50 bits per heavy atom. The zero-order valence-corrected chi connectivity index (χ0v) is 9.21. The Balaban J connectivity index is 2.20. The normalized spacial score (nSPS) is 20.2. The van der Waals surface area contributed by atoms with Gasteiger partial charge >= 0.3 is 5.97 Å². The maximum Gasteiger partial charge on any atom is 0.326 e. The SMILES string of the molecule is CCCCCOC(=O)C(C)(N)C1CC1. The summed E-state index contributed by atoms with van der Waals surface area (Å²) in [6.45, 7) is 4.43. The van der Waals surface area contributed by atoms with Crippen molar-refractivity contribution in [1.29, 1.82) is 0 Å². The summed E-state index contributed by atoms with van der Waals surface area (Å²) in [5.74, 6) is 0.122. The number of carbonyl (C=O) groups excluding carboxylic acids is 1. The van der Waals surface area contributed by atoms with Crippen molar-refractivity contribution in [2.24, 2.45) is 11.7 Å². The van der Waals surface area contributed by atoms with Crippen LogP contribution in [0.15, 0.2) is 0 Å². The lowest BCUT2D eigenvalue weighted by atomic mass is 9.98. The molecular formula is C11H21NO2. The summed E-state index contributed by atoms with van der Waals surface area (Å²) in [5, 5.41) is 0. The van der Waals surface area contributed by atoms with Gasteiger partial charge in [0.15, 0.2) is 0 Å². The molecule has 2 N–H and O–H groups in total. The minimum atomic E-state index is -0.744. The van der Waals surface area contributed by atoms with Crippen LogP contribution in [0.1, 0.15) is 46.0 Å². The van der Waals surface area contributed by atoms with E-state index in [1.54, 1.807) is 6.92 Å². The summed E-state index contributed by atoms with van der Waals surface area (Å²) in [6.07, 6.45) is 5.33. The van der Waals surface area contributed by atoms with Gasteiger partial charge in [-0.25, -0.2) is 0 Å². The molecule has 1 aliphatic rings. The van der Waals surface area contributed by atoms with Crippen LogP contribution in [0, 0.1) is 5.92 Å². The van der Waals surface area contributed by atoms with E-state index in [0.29, 0.717) is 12.5 Å². The average Bonchev–Trinajstić information content (AvgIpc) is 2.94. The van der Waals surface area contributed by atoms with E-state index in [2.05, 4.69) is 6.92 Å². The molecule has 3 nitrogen and oxygen atoms in total. The molecule has 0 bridgehead atoms. The number of ether oxygens (including phenoxy) is 1. The second-order valence-corrected chi connectivity index (χ2v) is 4.40. The lowest BCUT2D eigenvalue weighted by Crippen LogP contribution is -2.48. The van der Waals surface area contributed by atoms with E-state index in [1.807, 2.05) is 0 Å². The highest BCUT2D eigenvalue weighted by Gasteiger charge is 2.45. The number of nitrogens with two attached hydrogens (primary N) is 1. The van der Waals surface area contributed by atoms with Gasteiger partial charge in [0.1, 0.15) is 5.54 Å². The van der Waals surface area contributed by atoms with Crippen LogP contribution in [0.4, 0.5) is 0 Å². The molecule has 1 atom stereocenters. The lowest BCUT2D eigenvalue weighted by molar-refractivity contribution is -0.150. The van der Waals surface area contributed by atoms with E-state index in [4.69, 9.17) is 10.5 Å². The van der Waals surface area contributed by atoms with Crippen molar-refractivity contribution >= 4 is 5.97 Å². The maximum atomic E-state index is 11.6. The maximum absolute atomic E-state index is 11.6. The Morgan fingerprint density at radius 3 is 2.64 bits per heavy atom. The Labute approximate surface area is 86.0 Å². The van der Waals surface area contributed by atoms with Gasteiger partial charge in [0, 0.05) is 0 Å². The van der Waals surface area contributed by atoms with Crippen molar-refractivity contribution in [3.63, 3.8) is 0 Å². The fourth-order valence-corrected chi connectivity index (χ4v) is 1.52. The molecule has 0 aromatic heterocycles. The first-order valence-electron chi connectivity index (χ1n) is 5.55. The number of rotatable bonds is 6. The lowest BCUT2D eigenvalue weighted by Gasteiger charge is -2.21. The molecule has 3 heteroatoms. The van der Waals surface area contributed by atoms with Crippen molar-refractivity contribution in [1.82, 2.24) is 0 Å². The van der Waals surface area contributed by atoms with Crippen molar-refractivity contribution in [2.45, 2.75) is 51.5 Å². The topological polar surface area (TPSA) is 52.3 Å². The molecule has 1 unspecified atom stereocenters. The van der Waals surface area contributed by atoms with Gasteiger partial charge in [-0.15, -0.1) is 0 Å². The molecule has 82 valence electrons. The quantitative estimate of drug-likeness (QED) is 0.524. The van der Waals surface area contributed by atoms with Crippen LogP contribution in [0.5, 0.6) is 0 Å². The molecule has 0 aliphatic heterocycles. The van der Waals surface area contributed by atoms with Crippen LogP contribution in [-0.2, 0) is 9.53 Å². The highest BCUT2D eigenvalue weighted by Crippen LogP contribution is 2.38. The molecule has 0 heterocycles. The Kier molecular flexibility index (Phi) is 3.93. The molecule has 0 spiro atoms. The molecule has 1 fully saturated rings. The molecule has 0 aromatic carbocycles. The van der Waals surface area contributed by atoms with E-state index in [0.717, 1.165) is 32.1 Å². The third-order valence-corrected chi connectivity index (χ3v) is 2.85. The summed E-state index contributed by atoms with van der Waals surface area (Å²) in [6, 6.07) is 0.